The molecule has 0 spiro atoms. The van der Waals surface area contributed by atoms with Gasteiger partial charge >= 0.3 is 0 Å². The van der Waals surface area contributed by atoms with E-state index in [4.69, 9.17) is 10.5 Å². The third-order valence-electron chi connectivity index (χ3n) is 2.53. The van der Waals surface area contributed by atoms with E-state index in [1.54, 1.807) is 13.0 Å². The van der Waals surface area contributed by atoms with E-state index in [1.807, 2.05) is 0 Å². The number of aromatic nitrogens is 2. The van der Waals surface area contributed by atoms with Gasteiger partial charge in [-0.1, -0.05) is 11.3 Å². The zero-order chi connectivity index (χ0) is 14.8. The molecule has 0 aliphatic rings. The van der Waals surface area contributed by atoms with E-state index in [-0.39, 0.29) is 16.6 Å². The Kier molecular flexibility index (Phi) is 4.21. The maximum Gasteiger partial charge on any atom is 0.263 e. The fourth-order valence-electron chi connectivity index (χ4n) is 1.59. The number of anilines is 1. The Hall–Kier alpha value is -1.71. The molecule has 0 atom stereocenters. The van der Waals surface area contributed by atoms with Gasteiger partial charge in [0, 0.05) is 12.1 Å². The van der Waals surface area contributed by atoms with Crippen LogP contribution in [0.1, 0.15) is 10.6 Å². The van der Waals surface area contributed by atoms with Crippen LogP contribution in [0.3, 0.4) is 0 Å². The number of nitrogens with two attached hydrogens (primary N) is 1. The van der Waals surface area contributed by atoms with Crippen LogP contribution in [0.5, 0.6) is 5.75 Å². The number of methoxy groups -OCH3 is 1. The van der Waals surface area contributed by atoms with Crippen molar-refractivity contribution in [3.63, 3.8) is 0 Å². The maximum absolute atomic E-state index is 12.2. The van der Waals surface area contributed by atoms with Gasteiger partial charge in [0.05, 0.1) is 12.0 Å². The Bertz CT molecular complexity index is 712. The number of sulfonamides is 1. The highest BCUT2D eigenvalue weighted by atomic mass is 32.2. The Morgan fingerprint density at radius 2 is 2.15 bits per heavy atom. The topological polar surface area (TPSA) is 107 Å². The molecule has 0 bridgehead atoms. The largest absolute Gasteiger partial charge is 0.496 e. The summed E-state index contributed by atoms with van der Waals surface area (Å²) in [4.78, 5) is 0.103. The summed E-state index contributed by atoms with van der Waals surface area (Å²) in [6, 6.07) is 4.51. The first kappa shape index (κ1) is 14.7. The lowest BCUT2D eigenvalue weighted by atomic mass is 10.2. The van der Waals surface area contributed by atoms with E-state index in [1.165, 1.54) is 30.6 Å². The minimum Gasteiger partial charge on any atom is -0.496 e. The third kappa shape index (κ3) is 3.06. The average Bonchev–Trinajstić information content (AvgIpc) is 2.82. The van der Waals surface area contributed by atoms with Gasteiger partial charge in [-0.3, -0.25) is 4.72 Å². The number of rotatable bonds is 5. The van der Waals surface area contributed by atoms with E-state index in [2.05, 4.69) is 14.9 Å². The van der Waals surface area contributed by atoms with Crippen LogP contribution in [-0.2, 0) is 16.6 Å². The van der Waals surface area contributed by atoms with E-state index in [0.29, 0.717) is 16.3 Å². The molecule has 0 radical (unpaired) electrons. The number of ether oxygens (including phenoxy) is 1. The molecule has 1 aromatic carbocycles. The van der Waals surface area contributed by atoms with Crippen LogP contribution in [0.4, 0.5) is 5.13 Å². The lowest BCUT2D eigenvalue weighted by Gasteiger charge is -2.10. The van der Waals surface area contributed by atoms with Crippen LogP contribution in [0, 0.1) is 6.92 Å². The van der Waals surface area contributed by atoms with E-state index in [9.17, 15) is 8.42 Å². The molecule has 0 saturated carbocycles. The Morgan fingerprint density at radius 1 is 1.40 bits per heavy atom. The number of benzene rings is 1. The lowest BCUT2D eigenvalue weighted by molar-refractivity contribution is 0.409. The summed E-state index contributed by atoms with van der Waals surface area (Å²) >= 11 is 1.17. The predicted molar refractivity (Wildman–Crippen MR) is 76.3 cm³/mol. The summed E-state index contributed by atoms with van der Waals surface area (Å²) in [5, 5.41) is 8.40. The Labute approximate surface area is 120 Å². The van der Waals surface area contributed by atoms with Gasteiger partial charge in [-0.05, 0) is 25.1 Å². The Morgan fingerprint density at radius 3 is 2.70 bits per heavy atom. The second-order valence-corrected chi connectivity index (χ2v) is 6.77. The number of nitrogens with zero attached hydrogens (tertiary/aromatic N) is 2. The van der Waals surface area contributed by atoms with Crippen molar-refractivity contribution in [2.45, 2.75) is 18.4 Å². The highest BCUT2D eigenvalue weighted by Crippen LogP contribution is 2.24. The number of hydrogen-bond acceptors (Lipinski definition) is 7. The molecule has 0 aliphatic heterocycles. The minimum atomic E-state index is -3.71. The van der Waals surface area contributed by atoms with Crippen molar-refractivity contribution in [3.8, 4) is 5.75 Å². The van der Waals surface area contributed by atoms with Crippen molar-refractivity contribution in [1.82, 2.24) is 10.2 Å². The second kappa shape index (κ2) is 5.73. The molecular weight excluding hydrogens is 300 g/mol. The molecule has 7 nitrogen and oxygen atoms in total. The van der Waals surface area contributed by atoms with Crippen molar-refractivity contribution in [1.29, 1.82) is 0 Å². The first-order chi connectivity index (χ1) is 9.46. The molecule has 0 fully saturated rings. The van der Waals surface area contributed by atoms with Gasteiger partial charge in [0.15, 0.2) is 0 Å². The van der Waals surface area contributed by atoms with Crippen molar-refractivity contribution < 1.29 is 13.2 Å². The van der Waals surface area contributed by atoms with Gasteiger partial charge in [0.2, 0.25) is 5.13 Å². The molecule has 108 valence electrons. The van der Waals surface area contributed by atoms with Gasteiger partial charge in [0.25, 0.3) is 10.0 Å². The van der Waals surface area contributed by atoms with Crippen LogP contribution < -0.4 is 15.2 Å². The van der Waals surface area contributed by atoms with Crippen molar-refractivity contribution >= 4 is 26.5 Å². The smallest absolute Gasteiger partial charge is 0.263 e. The molecule has 1 aromatic heterocycles. The molecule has 0 amide bonds. The van der Waals surface area contributed by atoms with Gasteiger partial charge in [-0.15, -0.1) is 10.2 Å². The van der Waals surface area contributed by atoms with Crippen LogP contribution in [0.15, 0.2) is 23.1 Å². The van der Waals surface area contributed by atoms with Gasteiger partial charge in [0.1, 0.15) is 10.8 Å². The zero-order valence-electron chi connectivity index (χ0n) is 11.0. The second-order valence-electron chi connectivity index (χ2n) is 3.91. The highest BCUT2D eigenvalue weighted by Gasteiger charge is 2.18. The number of hydrogen-bond donors (Lipinski definition) is 2. The van der Waals surface area contributed by atoms with Crippen LogP contribution in [0.25, 0.3) is 0 Å². The van der Waals surface area contributed by atoms with Crippen molar-refractivity contribution in [3.05, 3.63) is 28.8 Å². The van der Waals surface area contributed by atoms with Crippen LogP contribution in [-0.4, -0.2) is 25.7 Å². The molecule has 20 heavy (non-hydrogen) atoms. The fraction of sp³-hybridized carbons (Fsp3) is 0.273. The molecular formula is C11H14N4O3S2. The average molecular weight is 314 g/mol. The molecule has 0 saturated heterocycles. The summed E-state index contributed by atoms with van der Waals surface area (Å²) in [6.45, 7) is 1.93. The van der Waals surface area contributed by atoms with Crippen molar-refractivity contribution in [2.24, 2.45) is 5.73 Å². The summed E-state index contributed by atoms with van der Waals surface area (Å²) in [5.41, 5.74) is 6.19. The molecule has 0 unspecified atom stereocenters. The molecule has 1 heterocycles. The third-order valence-corrected chi connectivity index (χ3v) is 4.75. The van der Waals surface area contributed by atoms with E-state index < -0.39 is 10.0 Å². The maximum atomic E-state index is 12.2. The quantitative estimate of drug-likeness (QED) is 0.856. The number of aryl methyl sites for hydroxylation is 1. The van der Waals surface area contributed by atoms with E-state index >= 15 is 0 Å². The highest BCUT2D eigenvalue weighted by molar-refractivity contribution is 7.93. The molecule has 9 heteroatoms. The first-order valence-corrected chi connectivity index (χ1v) is 7.96. The van der Waals surface area contributed by atoms with Crippen molar-refractivity contribution in [2.75, 3.05) is 11.8 Å². The standard InChI is InChI=1S/C11H14N4O3S2/c1-7-13-14-11(19-7)15-20(16,17)9-3-4-10(18-2)8(5-9)6-12/h3-5H,6,12H2,1-2H3,(H,14,15). The molecule has 2 aromatic rings. The normalized spacial score (nSPS) is 11.3. The fourth-order valence-corrected chi connectivity index (χ4v) is 3.47. The molecule has 2 rings (SSSR count). The molecule has 0 aliphatic carbocycles. The van der Waals surface area contributed by atoms with Crippen LogP contribution >= 0.6 is 11.3 Å². The summed E-state index contributed by atoms with van der Waals surface area (Å²) in [5.74, 6) is 0.554. The minimum absolute atomic E-state index is 0.103. The molecule has 3 N–H and O–H groups in total. The van der Waals surface area contributed by atoms with Gasteiger partial charge < -0.3 is 10.5 Å². The summed E-state index contributed by atoms with van der Waals surface area (Å²) in [7, 11) is -2.21. The monoisotopic (exact) mass is 314 g/mol. The summed E-state index contributed by atoms with van der Waals surface area (Å²) in [6.07, 6.45) is 0. The zero-order valence-corrected chi connectivity index (χ0v) is 12.6. The first-order valence-electron chi connectivity index (χ1n) is 5.66. The summed E-state index contributed by atoms with van der Waals surface area (Å²) < 4.78 is 31.9. The number of nitrogens with one attached hydrogen (secondary N) is 1. The lowest BCUT2D eigenvalue weighted by Crippen LogP contribution is -2.13. The Balaban J connectivity index is 2.34. The predicted octanol–water partition coefficient (Wildman–Crippen LogP) is 1.11. The van der Waals surface area contributed by atoms with E-state index in [0.717, 1.165) is 0 Å². The van der Waals surface area contributed by atoms with Gasteiger partial charge in [-0.2, -0.15) is 0 Å². The van der Waals surface area contributed by atoms with Crippen LogP contribution in [0.2, 0.25) is 0 Å². The SMILES string of the molecule is COc1ccc(S(=O)(=O)Nc2nnc(C)s2)cc1CN. The van der Waals surface area contributed by atoms with Gasteiger partial charge in [-0.25, -0.2) is 8.42 Å².